The molecule has 3 N–H and O–H groups in total. The molecule has 0 saturated carbocycles. The van der Waals surface area contributed by atoms with Gasteiger partial charge >= 0.3 is 0 Å². The lowest BCUT2D eigenvalue weighted by atomic mass is 9.95. The summed E-state index contributed by atoms with van der Waals surface area (Å²) >= 11 is 0. The Kier molecular flexibility index (Phi) is 1.54. The van der Waals surface area contributed by atoms with Crippen molar-refractivity contribution < 1.29 is 9.59 Å². The molecule has 2 rings (SSSR count). The molecule has 66 valence electrons. The molecule has 5 nitrogen and oxygen atoms in total. The molecule has 2 saturated heterocycles. The topological polar surface area (TPSA) is 70.2 Å². The zero-order valence-electron chi connectivity index (χ0n) is 6.64. The first kappa shape index (κ1) is 7.54. The number of nitrogens with one attached hydrogen (secondary N) is 3. The van der Waals surface area contributed by atoms with E-state index in [1.807, 2.05) is 0 Å². The molecule has 2 fully saturated rings. The van der Waals surface area contributed by atoms with Crippen LogP contribution in [0.25, 0.3) is 0 Å². The molecule has 1 atom stereocenters. The molecule has 0 aromatic rings. The van der Waals surface area contributed by atoms with Crippen LogP contribution < -0.4 is 16.0 Å². The van der Waals surface area contributed by atoms with Crippen LogP contribution in [0.3, 0.4) is 0 Å². The van der Waals surface area contributed by atoms with Crippen molar-refractivity contribution in [3.63, 3.8) is 0 Å². The number of carbonyl (C=O) groups excluding carboxylic acids is 2. The Morgan fingerprint density at radius 1 is 1.33 bits per heavy atom. The molecule has 2 amide bonds. The third-order valence-corrected chi connectivity index (χ3v) is 2.38. The highest BCUT2D eigenvalue weighted by atomic mass is 16.2. The summed E-state index contributed by atoms with van der Waals surface area (Å²) in [5, 5.41) is 8.36. The van der Waals surface area contributed by atoms with Gasteiger partial charge in [-0.3, -0.25) is 9.59 Å². The van der Waals surface area contributed by atoms with Crippen LogP contribution in [0.2, 0.25) is 0 Å². The van der Waals surface area contributed by atoms with Gasteiger partial charge in [-0.25, -0.2) is 0 Å². The summed E-state index contributed by atoms with van der Waals surface area (Å²) in [6.45, 7) is 1.44. The maximum absolute atomic E-state index is 11.4. The second-order valence-electron chi connectivity index (χ2n) is 3.24. The molecule has 5 heteroatoms. The van der Waals surface area contributed by atoms with Gasteiger partial charge in [-0.1, -0.05) is 0 Å². The van der Waals surface area contributed by atoms with Crippen LogP contribution in [0, 0.1) is 0 Å². The fourth-order valence-corrected chi connectivity index (χ4v) is 1.69. The summed E-state index contributed by atoms with van der Waals surface area (Å²) in [5.74, 6) is -0.162. The van der Waals surface area contributed by atoms with Crippen molar-refractivity contribution in [1.82, 2.24) is 16.0 Å². The van der Waals surface area contributed by atoms with Gasteiger partial charge in [-0.05, 0) is 13.0 Å². The molecular weight excluding hydrogens is 158 g/mol. The van der Waals surface area contributed by atoms with E-state index in [9.17, 15) is 9.59 Å². The van der Waals surface area contributed by atoms with E-state index >= 15 is 0 Å². The van der Waals surface area contributed by atoms with E-state index < -0.39 is 5.54 Å². The van der Waals surface area contributed by atoms with Crippen molar-refractivity contribution in [2.75, 3.05) is 19.6 Å². The number of piperazine rings is 1. The van der Waals surface area contributed by atoms with E-state index in [0.717, 1.165) is 6.54 Å². The summed E-state index contributed by atoms with van der Waals surface area (Å²) in [7, 11) is 0. The number of carbonyl (C=O) groups is 2. The highest BCUT2D eigenvalue weighted by Gasteiger charge is 2.44. The number of rotatable bonds is 0. The highest BCUT2D eigenvalue weighted by Crippen LogP contribution is 2.16. The average molecular weight is 169 g/mol. The number of amides is 2. The zero-order valence-corrected chi connectivity index (χ0v) is 6.64. The summed E-state index contributed by atoms with van der Waals surface area (Å²) in [5.41, 5.74) is -0.657. The standard InChI is InChI=1S/C7H11N3O2/c11-5-3-9-6(12)7(10-5)1-2-8-4-7/h8H,1-4H2,(H,9,12)(H,10,11). The monoisotopic (exact) mass is 169 g/mol. The molecule has 0 aromatic carbocycles. The minimum atomic E-state index is -0.657. The minimum Gasteiger partial charge on any atom is -0.345 e. The van der Waals surface area contributed by atoms with Crippen LogP contribution in [0.4, 0.5) is 0 Å². The summed E-state index contributed by atoms with van der Waals surface area (Å²) in [4.78, 5) is 22.4. The lowest BCUT2D eigenvalue weighted by molar-refractivity contribution is -0.137. The van der Waals surface area contributed by atoms with Crippen molar-refractivity contribution in [2.45, 2.75) is 12.0 Å². The highest BCUT2D eigenvalue weighted by molar-refractivity contribution is 5.98. The summed E-state index contributed by atoms with van der Waals surface area (Å²) in [6.07, 6.45) is 0.685. The van der Waals surface area contributed by atoms with Crippen LogP contribution in [0.15, 0.2) is 0 Å². The van der Waals surface area contributed by atoms with E-state index in [1.165, 1.54) is 0 Å². The molecule has 1 spiro atoms. The van der Waals surface area contributed by atoms with Crippen LogP contribution >= 0.6 is 0 Å². The van der Waals surface area contributed by atoms with Gasteiger partial charge < -0.3 is 16.0 Å². The minimum absolute atomic E-state index is 0.0629. The first-order chi connectivity index (χ1) is 5.73. The van der Waals surface area contributed by atoms with Crippen LogP contribution in [-0.2, 0) is 9.59 Å². The molecule has 0 radical (unpaired) electrons. The van der Waals surface area contributed by atoms with Crippen molar-refractivity contribution in [3.8, 4) is 0 Å². The second kappa shape index (κ2) is 2.45. The Morgan fingerprint density at radius 2 is 2.17 bits per heavy atom. The van der Waals surface area contributed by atoms with Gasteiger partial charge in [0.15, 0.2) is 0 Å². The van der Waals surface area contributed by atoms with Gasteiger partial charge in [0.25, 0.3) is 0 Å². The van der Waals surface area contributed by atoms with Gasteiger partial charge in [0.05, 0.1) is 6.54 Å². The van der Waals surface area contributed by atoms with Crippen LogP contribution in [0.1, 0.15) is 6.42 Å². The molecule has 0 aliphatic carbocycles. The Balaban J connectivity index is 2.20. The molecule has 2 aliphatic heterocycles. The van der Waals surface area contributed by atoms with Gasteiger partial charge in [0.2, 0.25) is 11.8 Å². The molecule has 12 heavy (non-hydrogen) atoms. The Morgan fingerprint density at radius 3 is 2.83 bits per heavy atom. The molecule has 1 unspecified atom stereocenters. The van der Waals surface area contributed by atoms with E-state index in [4.69, 9.17) is 0 Å². The predicted molar refractivity (Wildman–Crippen MR) is 41.4 cm³/mol. The third-order valence-electron chi connectivity index (χ3n) is 2.38. The fourth-order valence-electron chi connectivity index (χ4n) is 1.69. The summed E-state index contributed by atoms with van der Waals surface area (Å²) < 4.78 is 0. The Hall–Kier alpha value is -1.10. The van der Waals surface area contributed by atoms with Gasteiger partial charge in [-0.2, -0.15) is 0 Å². The maximum atomic E-state index is 11.4. The maximum Gasteiger partial charge on any atom is 0.247 e. The van der Waals surface area contributed by atoms with Crippen LogP contribution in [0.5, 0.6) is 0 Å². The molecule has 2 aliphatic rings. The first-order valence-corrected chi connectivity index (χ1v) is 4.03. The van der Waals surface area contributed by atoms with E-state index in [0.29, 0.717) is 13.0 Å². The van der Waals surface area contributed by atoms with Crippen molar-refractivity contribution >= 4 is 11.8 Å². The molecular formula is C7H11N3O2. The third kappa shape index (κ3) is 0.972. The molecule has 0 bridgehead atoms. The Bertz CT molecular complexity index is 233. The van der Waals surface area contributed by atoms with Gasteiger partial charge in [0, 0.05) is 6.54 Å². The molecule has 0 aromatic heterocycles. The average Bonchev–Trinajstić information content (AvgIpc) is 2.48. The zero-order chi connectivity index (χ0) is 8.60. The number of hydrogen-bond acceptors (Lipinski definition) is 3. The van der Waals surface area contributed by atoms with E-state index in [1.54, 1.807) is 0 Å². The lowest BCUT2D eigenvalue weighted by Gasteiger charge is -2.32. The predicted octanol–water partition coefficient (Wildman–Crippen LogP) is -2.04. The van der Waals surface area contributed by atoms with Crippen molar-refractivity contribution in [1.29, 1.82) is 0 Å². The lowest BCUT2D eigenvalue weighted by Crippen LogP contribution is -2.66. The number of hydrogen-bond donors (Lipinski definition) is 3. The fraction of sp³-hybridized carbons (Fsp3) is 0.714. The van der Waals surface area contributed by atoms with Gasteiger partial charge in [-0.15, -0.1) is 0 Å². The van der Waals surface area contributed by atoms with E-state index in [2.05, 4.69) is 16.0 Å². The summed E-state index contributed by atoms with van der Waals surface area (Å²) in [6, 6.07) is 0. The quantitative estimate of drug-likeness (QED) is 0.391. The van der Waals surface area contributed by atoms with Crippen LogP contribution in [-0.4, -0.2) is 37.0 Å². The van der Waals surface area contributed by atoms with Crippen molar-refractivity contribution in [2.24, 2.45) is 0 Å². The SMILES string of the molecule is O=C1CNC(=O)C2(CCNC2)N1. The Labute approximate surface area is 69.9 Å². The smallest absolute Gasteiger partial charge is 0.247 e. The first-order valence-electron chi connectivity index (χ1n) is 4.03. The normalized spacial score (nSPS) is 35.0. The van der Waals surface area contributed by atoms with Crippen molar-refractivity contribution in [3.05, 3.63) is 0 Å². The van der Waals surface area contributed by atoms with Gasteiger partial charge in [0.1, 0.15) is 5.54 Å². The molecule has 2 heterocycles. The second-order valence-corrected chi connectivity index (χ2v) is 3.24. The largest absolute Gasteiger partial charge is 0.345 e. The van der Waals surface area contributed by atoms with E-state index in [-0.39, 0.29) is 18.4 Å².